The fourth-order valence-corrected chi connectivity index (χ4v) is 2.06. The van der Waals surface area contributed by atoms with E-state index in [1.54, 1.807) is 6.07 Å². The van der Waals surface area contributed by atoms with Crippen molar-refractivity contribution in [3.63, 3.8) is 0 Å². The van der Waals surface area contributed by atoms with Crippen molar-refractivity contribution in [2.45, 2.75) is 11.8 Å². The van der Waals surface area contributed by atoms with Crippen LogP contribution in [0.4, 0.5) is 0 Å². The highest BCUT2D eigenvalue weighted by Gasteiger charge is 2.55. The number of aliphatic hydroxyl groups is 2. The van der Waals surface area contributed by atoms with Gasteiger partial charge in [-0.1, -0.05) is 17.7 Å². The Bertz CT molecular complexity index is 345. The minimum Gasteiger partial charge on any atom is -0.396 e. The fourth-order valence-electron chi connectivity index (χ4n) is 1.89. The van der Waals surface area contributed by atoms with E-state index in [-0.39, 0.29) is 24.5 Å². The maximum Gasteiger partial charge on any atom is 0.129 e. The maximum atomic E-state index is 9.31. The molecule has 0 amide bonds. The van der Waals surface area contributed by atoms with Crippen molar-refractivity contribution in [1.29, 1.82) is 0 Å². The highest BCUT2D eigenvalue weighted by Crippen LogP contribution is 2.52. The smallest absolute Gasteiger partial charge is 0.129 e. The third-order valence-corrected chi connectivity index (χ3v) is 3.17. The lowest BCUT2D eigenvalue weighted by Crippen LogP contribution is -2.18. The summed E-state index contributed by atoms with van der Waals surface area (Å²) in [6.07, 6.45) is 0.785. The SMILES string of the molecule is OC[C@@H]1C[C@@]1(CO)c1cccc(Cl)n1. The molecule has 2 N–H and O–H groups in total. The molecule has 2 atom stereocenters. The molecule has 0 spiro atoms. The second-order valence-corrected chi connectivity index (χ2v) is 4.13. The Kier molecular flexibility index (Phi) is 2.47. The number of aliphatic hydroxyl groups excluding tert-OH is 2. The van der Waals surface area contributed by atoms with Gasteiger partial charge in [0, 0.05) is 12.0 Å². The molecular formula is C10H12ClNO2. The molecule has 14 heavy (non-hydrogen) atoms. The molecule has 1 aromatic heterocycles. The number of aromatic nitrogens is 1. The summed E-state index contributed by atoms with van der Waals surface area (Å²) in [4.78, 5) is 4.17. The van der Waals surface area contributed by atoms with Gasteiger partial charge in [0.05, 0.1) is 12.3 Å². The average molecular weight is 214 g/mol. The van der Waals surface area contributed by atoms with Crippen molar-refractivity contribution >= 4 is 11.6 Å². The van der Waals surface area contributed by atoms with Gasteiger partial charge in [-0.2, -0.15) is 0 Å². The Hall–Kier alpha value is -0.640. The molecule has 0 aromatic carbocycles. The third-order valence-electron chi connectivity index (χ3n) is 2.96. The van der Waals surface area contributed by atoms with Crippen LogP contribution in [0, 0.1) is 5.92 Å². The summed E-state index contributed by atoms with van der Waals surface area (Å²) >= 11 is 5.77. The normalized spacial score (nSPS) is 30.4. The van der Waals surface area contributed by atoms with E-state index in [1.165, 1.54) is 0 Å². The topological polar surface area (TPSA) is 53.4 Å². The van der Waals surface area contributed by atoms with Gasteiger partial charge in [-0.05, 0) is 24.5 Å². The van der Waals surface area contributed by atoms with Crippen LogP contribution < -0.4 is 0 Å². The number of rotatable bonds is 3. The van der Waals surface area contributed by atoms with Crippen LogP contribution in [-0.2, 0) is 5.41 Å². The molecule has 76 valence electrons. The molecule has 2 rings (SSSR count). The predicted octanol–water partition coefficient (Wildman–Crippen LogP) is 0.977. The van der Waals surface area contributed by atoms with E-state index in [2.05, 4.69) is 4.98 Å². The van der Waals surface area contributed by atoms with Crippen molar-refractivity contribution in [1.82, 2.24) is 4.98 Å². The van der Waals surface area contributed by atoms with Gasteiger partial charge >= 0.3 is 0 Å². The van der Waals surface area contributed by atoms with Crippen molar-refractivity contribution in [2.24, 2.45) is 5.92 Å². The Balaban J connectivity index is 2.30. The Morgan fingerprint density at radius 2 is 2.29 bits per heavy atom. The molecule has 0 aliphatic heterocycles. The van der Waals surface area contributed by atoms with E-state index in [9.17, 15) is 5.11 Å². The lowest BCUT2D eigenvalue weighted by molar-refractivity contribution is 0.211. The molecule has 1 fully saturated rings. The van der Waals surface area contributed by atoms with Crippen LogP contribution in [0.2, 0.25) is 5.15 Å². The van der Waals surface area contributed by atoms with Crippen LogP contribution in [0.3, 0.4) is 0 Å². The summed E-state index contributed by atoms with van der Waals surface area (Å²) in [5, 5.41) is 18.8. The summed E-state index contributed by atoms with van der Waals surface area (Å²) < 4.78 is 0. The number of hydrogen-bond acceptors (Lipinski definition) is 3. The molecular weight excluding hydrogens is 202 g/mol. The molecule has 0 radical (unpaired) electrons. The first kappa shape index (κ1) is 9.90. The number of nitrogens with zero attached hydrogens (tertiary/aromatic N) is 1. The van der Waals surface area contributed by atoms with Crippen molar-refractivity contribution < 1.29 is 10.2 Å². The maximum absolute atomic E-state index is 9.31. The Labute approximate surface area is 87.4 Å². The first-order chi connectivity index (χ1) is 6.73. The van der Waals surface area contributed by atoms with Gasteiger partial charge in [-0.15, -0.1) is 0 Å². The first-order valence-corrected chi connectivity index (χ1v) is 4.95. The zero-order valence-electron chi connectivity index (χ0n) is 7.65. The van der Waals surface area contributed by atoms with Gasteiger partial charge in [-0.25, -0.2) is 4.98 Å². The van der Waals surface area contributed by atoms with Gasteiger partial charge in [0.1, 0.15) is 5.15 Å². The Morgan fingerprint density at radius 1 is 1.50 bits per heavy atom. The minimum atomic E-state index is -0.348. The van der Waals surface area contributed by atoms with E-state index in [0.29, 0.717) is 5.15 Å². The van der Waals surface area contributed by atoms with Crippen molar-refractivity contribution in [3.05, 3.63) is 29.0 Å². The largest absolute Gasteiger partial charge is 0.396 e. The van der Waals surface area contributed by atoms with Crippen LogP contribution in [0.25, 0.3) is 0 Å². The van der Waals surface area contributed by atoms with E-state index >= 15 is 0 Å². The summed E-state index contributed by atoms with van der Waals surface area (Å²) in [5.41, 5.74) is 0.436. The molecule has 1 aliphatic rings. The summed E-state index contributed by atoms with van der Waals surface area (Å²) in [6, 6.07) is 5.36. The highest BCUT2D eigenvalue weighted by molar-refractivity contribution is 6.29. The molecule has 0 bridgehead atoms. The monoisotopic (exact) mass is 213 g/mol. The minimum absolute atomic E-state index is 0.0194. The Morgan fingerprint density at radius 3 is 2.79 bits per heavy atom. The van der Waals surface area contributed by atoms with Crippen molar-refractivity contribution in [3.8, 4) is 0 Å². The summed E-state index contributed by atoms with van der Waals surface area (Å²) in [6.45, 7) is 0.111. The predicted molar refractivity (Wildman–Crippen MR) is 53.2 cm³/mol. The van der Waals surface area contributed by atoms with Crippen LogP contribution in [0.15, 0.2) is 18.2 Å². The number of pyridine rings is 1. The summed E-state index contributed by atoms with van der Waals surface area (Å²) in [7, 11) is 0. The van der Waals surface area contributed by atoms with Crippen LogP contribution in [-0.4, -0.2) is 28.4 Å². The van der Waals surface area contributed by atoms with Gasteiger partial charge in [-0.3, -0.25) is 0 Å². The lowest BCUT2D eigenvalue weighted by atomic mass is 10.00. The average Bonchev–Trinajstić information content (AvgIpc) is 2.93. The van der Waals surface area contributed by atoms with Gasteiger partial charge in [0.15, 0.2) is 0 Å². The molecule has 0 saturated heterocycles. The molecule has 0 unspecified atom stereocenters. The quantitative estimate of drug-likeness (QED) is 0.736. The lowest BCUT2D eigenvalue weighted by Gasteiger charge is -2.12. The van der Waals surface area contributed by atoms with E-state index in [4.69, 9.17) is 16.7 Å². The molecule has 1 aliphatic carbocycles. The van der Waals surface area contributed by atoms with Crippen molar-refractivity contribution in [2.75, 3.05) is 13.2 Å². The van der Waals surface area contributed by atoms with E-state index in [1.807, 2.05) is 12.1 Å². The van der Waals surface area contributed by atoms with Gasteiger partial charge < -0.3 is 10.2 Å². The van der Waals surface area contributed by atoms with Crippen LogP contribution in [0.1, 0.15) is 12.1 Å². The molecule has 1 saturated carbocycles. The molecule has 1 aromatic rings. The van der Waals surface area contributed by atoms with E-state index in [0.717, 1.165) is 12.1 Å². The first-order valence-electron chi connectivity index (χ1n) is 4.57. The molecule has 3 nitrogen and oxygen atoms in total. The zero-order valence-corrected chi connectivity index (χ0v) is 8.41. The number of hydrogen-bond donors (Lipinski definition) is 2. The number of halogens is 1. The summed E-state index contributed by atoms with van der Waals surface area (Å²) in [5.74, 6) is 0.124. The van der Waals surface area contributed by atoms with Crippen LogP contribution >= 0.6 is 11.6 Å². The highest BCUT2D eigenvalue weighted by atomic mass is 35.5. The second kappa shape index (κ2) is 3.50. The zero-order chi connectivity index (χ0) is 10.2. The van der Waals surface area contributed by atoms with E-state index < -0.39 is 0 Å². The fraction of sp³-hybridized carbons (Fsp3) is 0.500. The third kappa shape index (κ3) is 1.41. The van der Waals surface area contributed by atoms with Gasteiger partial charge in [0.2, 0.25) is 0 Å². The molecule has 1 heterocycles. The van der Waals surface area contributed by atoms with Gasteiger partial charge in [0.25, 0.3) is 0 Å². The molecule has 4 heteroatoms. The standard InChI is InChI=1S/C10H12ClNO2/c11-9-3-1-2-8(12-9)10(6-14)4-7(10)5-13/h1-3,7,13-14H,4-6H2/t7-,10-/m0/s1. The van der Waals surface area contributed by atoms with Crippen LogP contribution in [0.5, 0.6) is 0 Å². The second-order valence-electron chi connectivity index (χ2n) is 3.74.